The van der Waals surface area contributed by atoms with Crippen LogP contribution in [0, 0.1) is 5.92 Å². The van der Waals surface area contributed by atoms with Gasteiger partial charge in [-0.1, -0.05) is 13.8 Å². The van der Waals surface area contributed by atoms with Crippen LogP contribution in [-0.2, 0) is 20.8 Å². The fraction of sp³-hybridized carbons (Fsp3) is 0.571. The minimum Gasteiger partial charge on any atom is -0.480 e. The van der Waals surface area contributed by atoms with E-state index in [0.29, 0.717) is 5.69 Å². The van der Waals surface area contributed by atoms with Crippen molar-refractivity contribution in [3.63, 3.8) is 0 Å². The number of H-pyrrole nitrogens is 1. The van der Waals surface area contributed by atoms with E-state index in [1.807, 2.05) is 0 Å². The summed E-state index contributed by atoms with van der Waals surface area (Å²) in [5, 5.41) is 14.2. The Balaban J connectivity index is 2.77. The van der Waals surface area contributed by atoms with Gasteiger partial charge in [0.05, 0.1) is 12.4 Å². The number of imidazole rings is 1. The van der Waals surface area contributed by atoms with Crippen LogP contribution < -0.4 is 16.4 Å². The van der Waals surface area contributed by atoms with E-state index in [2.05, 4.69) is 20.6 Å². The number of hydrogen-bond acceptors (Lipinski definition) is 5. The Morgan fingerprint density at radius 1 is 1.26 bits per heavy atom. The molecule has 0 bridgehead atoms. The molecule has 9 heteroatoms. The first-order valence-corrected chi connectivity index (χ1v) is 7.28. The molecule has 3 unspecified atom stereocenters. The Labute approximate surface area is 134 Å². The zero-order valence-corrected chi connectivity index (χ0v) is 13.4. The first-order valence-electron chi connectivity index (χ1n) is 7.28. The number of nitrogens with two attached hydrogens (primary N) is 1. The number of aromatic amines is 1. The molecule has 0 aromatic carbocycles. The second-order valence-corrected chi connectivity index (χ2v) is 5.70. The van der Waals surface area contributed by atoms with Crippen molar-refractivity contribution in [2.24, 2.45) is 11.7 Å². The van der Waals surface area contributed by atoms with Gasteiger partial charge < -0.3 is 26.5 Å². The Morgan fingerprint density at radius 2 is 1.91 bits per heavy atom. The van der Waals surface area contributed by atoms with Crippen molar-refractivity contribution in [2.45, 2.75) is 45.3 Å². The Kier molecular flexibility index (Phi) is 6.70. The summed E-state index contributed by atoms with van der Waals surface area (Å²) in [6, 6.07) is -2.75. The van der Waals surface area contributed by atoms with Crippen molar-refractivity contribution in [3.8, 4) is 0 Å². The number of rotatable bonds is 8. The van der Waals surface area contributed by atoms with Gasteiger partial charge in [-0.2, -0.15) is 0 Å². The summed E-state index contributed by atoms with van der Waals surface area (Å²) in [5.41, 5.74) is 6.06. The summed E-state index contributed by atoms with van der Waals surface area (Å²) in [6.45, 7) is 5.00. The third kappa shape index (κ3) is 5.70. The number of aromatic nitrogens is 2. The highest BCUT2D eigenvalue weighted by Crippen LogP contribution is 2.05. The zero-order chi connectivity index (χ0) is 17.6. The molecule has 128 valence electrons. The normalized spacial score (nSPS) is 14.8. The van der Waals surface area contributed by atoms with Gasteiger partial charge in [-0.3, -0.25) is 9.59 Å². The monoisotopic (exact) mass is 325 g/mol. The number of carboxylic acid groups (broad SMARTS) is 1. The van der Waals surface area contributed by atoms with Crippen molar-refractivity contribution >= 4 is 17.8 Å². The van der Waals surface area contributed by atoms with Gasteiger partial charge in [0.15, 0.2) is 0 Å². The SMILES string of the molecule is CC(N)C(=O)NC(C(=O)NC(Cc1cnc[nH]1)C(=O)O)C(C)C. The van der Waals surface area contributed by atoms with E-state index >= 15 is 0 Å². The molecule has 0 saturated heterocycles. The van der Waals surface area contributed by atoms with Gasteiger partial charge in [-0.15, -0.1) is 0 Å². The second-order valence-electron chi connectivity index (χ2n) is 5.70. The molecule has 0 fully saturated rings. The smallest absolute Gasteiger partial charge is 0.326 e. The maximum absolute atomic E-state index is 12.3. The van der Waals surface area contributed by atoms with Gasteiger partial charge >= 0.3 is 5.97 Å². The maximum atomic E-state index is 12.3. The molecule has 0 aliphatic carbocycles. The molecular formula is C14H23N5O4. The maximum Gasteiger partial charge on any atom is 0.326 e. The lowest BCUT2D eigenvalue weighted by molar-refractivity contribution is -0.142. The number of carboxylic acids is 1. The molecule has 2 amide bonds. The molecule has 1 heterocycles. The highest BCUT2D eigenvalue weighted by atomic mass is 16.4. The van der Waals surface area contributed by atoms with E-state index in [1.165, 1.54) is 19.4 Å². The molecule has 0 aliphatic heterocycles. The number of nitrogens with zero attached hydrogens (tertiary/aromatic N) is 1. The van der Waals surface area contributed by atoms with Gasteiger partial charge in [-0.05, 0) is 12.8 Å². The molecule has 1 aromatic rings. The lowest BCUT2D eigenvalue weighted by Crippen LogP contribution is -2.56. The topological polar surface area (TPSA) is 150 Å². The van der Waals surface area contributed by atoms with Gasteiger partial charge in [0.1, 0.15) is 12.1 Å². The first-order chi connectivity index (χ1) is 10.7. The summed E-state index contributed by atoms with van der Waals surface area (Å²) in [7, 11) is 0. The van der Waals surface area contributed by atoms with Gasteiger partial charge in [0.25, 0.3) is 0 Å². The van der Waals surface area contributed by atoms with E-state index in [0.717, 1.165) is 0 Å². The highest BCUT2D eigenvalue weighted by molar-refractivity contribution is 5.91. The largest absolute Gasteiger partial charge is 0.480 e. The van der Waals surface area contributed by atoms with Crippen molar-refractivity contribution < 1.29 is 19.5 Å². The Hall–Kier alpha value is -2.42. The molecule has 9 nitrogen and oxygen atoms in total. The standard InChI is InChI=1S/C14H23N5O4/c1-7(2)11(19-12(20)8(3)15)13(21)18-10(14(22)23)4-9-5-16-6-17-9/h5-8,10-11H,4,15H2,1-3H3,(H,16,17)(H,18,21)(H,19,20)(H,22,23). The van der Waals surface area contributed by atoms with Crippen molar-refractivity contribution in [1.82, 2.24) is 20.6 Å². The molecule has 3 atom stereocenters. The summed E-state index contributed by atoms with van der Waals surface area (Å²) < 4.78 is 0. The van der Waals surface area contributed by atoms with E-state index in [4.69, 9.17) is 5.73 Å². The Bertz CT molecular complexity index is 541. The minimum absolute atomic E-state index is 0.0626. The van der Waals surface area contributed by atoms with Crippen LogP contribution in [0.5, 0.6) is 0 Å². The van der Waals surface area contributed by atoms with Crippen LogP contribution in [-0.4, -0.2) is 51.0 Å². The number of carbonyl (C=O) groups excluding carboxylic acids is 2. The third-order valence-corrected chi connectivity index (χ3v) is 3.25. The van der Waals surface area contributed by atoms with Crippen LogP contribution in [0.3, 0.4) is 0 Å². The molecule has 0 aliphatic rings. The summed E-state index contributed by atoms with van der Waals surface area (Å²) in [4.78, 5) is 41.9. The van der Waals surface area contributed by atoms with E-state index in [1.54, 1.807) is 13.8 Å². The second kappa shape index (κ2) is 8.28. The van der Waals surface area contributed by atoms with Crippen LogP contribution in [0.15, 0.2) is 12.5 Å². The van der Waals surface area contributed by atoms with E-state index in [9.17, 15) is 19.5 Å². The Morgan fingerprint density at radius 3 is 2.35 bits per heavy atom. The molecule has 0 spiro atoms. The quantitative estimate of drug-likeness (QED) is 0.414. The molecule has 1 aromatic heterocycles. The van der Waals surface area contributed by atoms with Crippen LogP contribution in [0.2, 0.25) is 0 Å². The summed E-state index contributed by atoms with van der Waals surface area (Å²) in [5.74, 6) is -2.44. The predicted molar refractivity (Wildman–Crippen MR) is 82.3 cm³/mol. The number of aliphatic carboxylic acids is 1. The molecule has 1 rings (SSSR count). The van der Waals surface area contributed by atoms with E-state index in [-0.39, 0.29) is 12.3 Å². The number of nitrogens with one attached hydrogen (secondary N) is 3. The molecule has 0 radical (unpaired) electrons. The number of amides is 2. The number of hydrogen-bond donors (Lipinski definition) is 5. The zero-order valence-electron chi connectivity index (χ0n) is 13.4. The van der Waals surface area contributed by atoms with Crippen LogP contribution in [0.1, 0.15) is 26.5 Å². The molecular weight excluding hydrogens is 302 g/mol. The van der Waals surface area contributed by atoms with E-state index < -0.39 is 35.9 Å². The predicted octanol–water partition coefficient (Wildman–Crippen LogP) is -0.990. The van der Waals surface area contributed by atoms with Crippen molar-refractivity contribution in [2.75, 3.05) is 0 Å². The van der Waals surface area contributed by atoms with Crippen molar-refractivity contribution in [1.29, 1.82) is 0 Å². The van der Waals surface area contributed by atoms with Crippen molar-refractivity contribution in [3.05, 3.63) is 18.2 Å². The lowest BCUT2D eigenvalue weighted by atomic mass is 10.0. The fourth-order valence-electron chi connectivity index (χ4n) is 1.90. The summed E-state index contributed by atoms with van der Waals surface area (Å²) >= 11 is 0. The van der Waals surface area contributed by atoms with Gasteiger partial charge in [0.2, 0.25) is 11.8 Å². The first kappa shape index (κ1) is 18.6. The third-order valence-electron chi connectivity index (χ3n) is 3.25. The summed E-state index contributed by atoms with van der Waals surface area (Å²) in [6.07, 6.45) is 2.98. The molecule has 23 heavy (non-hydrogen) atoms. The fourth-order valence-corrected chi connectivity index (χ4v) is 1.90. The van der Waals surface area contributed by atoms with Crippen LogP contribution in [0.25, 0.3) is 0 Å². The lowest BCUT2D eigenvalue weighted by Gasteiger charge is -2.24. The highest BCUT2D eigenvalue weighted by Gasteiger charge is 2.29. The average Bonchev–Trinajstić information content (AvgIpc) is 2.95. The number of carbonyl (C=O) groups is 3. The average molecular weight is 325 g/mol. The minimum atomic E-state index is -1.17. The molecule has 6 N–H and O–H groups in total. The van der Waals surface area contributed by atoms with Crippen LogP contribution >= 0.6 is 0 Å². The van der Waals surface area contributed by atoms with Crippen LogP contribution in [0.4, 0.5) is 0 Å². The molecule has 0 saturated carbocycles. The van der Waals surface area contributed by atoms with Gasteiger partial charge in [-0.25, -0.2) is 9.78 Å². The van der Waals surface area contributed by atoms with Gasteiger partial charge in [0, 0.05) is 18.3 Å².